The number of hydrogen-bond donors (Lipinski definition) is 0. The molecule has 0 saturated heterocycles. The molecule has 1 nitrogen and oxygen atoms in total. The van der Waals surface area contributed by atoms with E-state index < -0.39 is 0 Å². The molecule has 0 aliphatic carbocycles. The zero-order valence-electron chi connectivity index (χ0n) is 15.0. The zero-order chi connectivity index (χ0) is 16.9. The zero-order valence-corrected chi connectivity index (χ0v) is 15.0. The van der Waals surface area contributed by atoms with Crippen LogP contribution in [0.1, 0.15) is 38.3 Å². The molecule has 0 aromatic heterocycles. The molecule has 1 aliphatic rings. The molecule has 0 fully saturated rings. The van der Waals surface area contributed by atoms with E-state index in [-0.39, 0.29) is 0 Å². The standard InChI is InChI=1S/C23H27N/c1-4-9-20-12-13-21(19-10-7-6-8-11-19)17-22(20)23-16-18(3)14-15-24(23)5-2/h6-8,10-14,16-17H,4-5,9,15H2,1-3H3. The van der Waals surface area contributed by atoms with Gasteiger partial charge in [-0.3, -0.25) is 0 Å². The third-order valence-electron chi connectivity index (χ3n) is 4.73. The first kappa shape index (κ1) is 16.6. The third kappa shape index (κ3) is 3.46. The number of likely N-dealkylation sites (N-methyl/N-ethyl adjacent to an activating group) is 1. The Bertz CT molecular complexity index is 753. The normalized spacial score (nSPS) is 14.4. The van der Waals surface area contributed by atoms with Gasteiger partial charge in [-0.05, 0) is 49.1 Å². The minimum absolute atomic E-state index is 1.01. The molecule has 2 aromatic carbocycles. The van der Waals surface area contributed by atoms with Crippen molar-refractivity contribution in [1.29, 1.82) is 0 Å². The SMILES string of the molecule is CCCc1ccc(-c2ccccc2)cc1C1=CC(C)=CCN1CC. The van der Waals surface area contributed by atoms with Gasteiger partial charge in [0.05, 0.1) is 0 Å². The van der Waals surface area contributed by atoms with Crippen LogP contribution in [0.15, 0.2) is 66.3 Å². The van der Waals surface area contributed by atoms with Crippen LogP contribution in [-0.4, -0.2) is 18.0 Å². The Kier molecular flexibility index (Phi) is 5.20. The van der Waals surface area contributed by atoms with Crippen LogP contribution in [-0.2, 0) is 6.42 Å². The van der Waals surface area contributed by atoms with Crippen LogP contribution in [0.4, 0.5) is 0 Å². The summed E-state index contributed by atoms with van der Waals surface area (Å²) in [4.78, 5) is 2.47. The van der Waals surface area contributed by atoms with Crippen LogP contribution >= 0.6 is 0 Å². The van der Waals surface area contributed by atoms with Crippen molar-refractivity contribution in [2.75, 3.05) is 13.1 Å². The van der Waals surface area contributed by atoms with E-state index in [1.165, 1.54) is 39.9 Å². The minimum atomic E-state index is 1.01. The fourth-order valence-electron chi connectivity index (χ4n) is 3.38. The van der Waals surface area contributed by atoms with Crippen LogP contribution in [0, 0.1) is 0 Å². The lowest BCUT2D eigenvalue weighted by atomic mass is 9.93. The molecule has 1 aliphatic heterocycles. The predicted octanol–water partition coefficient (Wildman–Crippen LogP) is 5.93. The fraction of sp³-hybridized carbons (Fsp3) is 0.304. The summed E-state index contributed by atoms with van der Waals surface area (Å²) in [7, 11) is 0. The van der Waals surface area contributed by atoms with Gasteiger partial charge in [0, 0.05) is 24.4 Å². The Morgan fingerprint density at radius 3 is 2.46 bits per heavy atom. The lowest BCUT2D eigenvalue weighted by Gasteiger charge is -2.30. The molecule has 0 bridgehead atoms. The van der Waals surface area contributed by atoms with Gasteiger partial charge >= 0.3 is 0 Å². The van der Waals surface area contributed by atoms with Crippen LogP contribution in [0.5, 0.6) is 0 Å². The average Bonchev–Trinajstić information content (AvgIpc) is 2.63. The summed E-state index contributed by atoms with van der Waals surface area (Å²) in [6, 6.07) is 17.7. The van der Waals surface area contributed by atoms with Crippen molar-refractivity contribution in [2.24, 2.45) is 0 Å². The van der Waals surface area contributed by atoms with E-state index in [0.29, 0.717) is 0 Å². The molecule has 2 aromatic rings. The van der Waals surface area contributed by atoms with Gasteiger partial charge in [0.2, 0.25) is 0 Å². The molecular weight excluding hydrogens is 290 g/mol. The second-order valence-corrected chi connectivity index (χ2v) is 6.50. The van der Waals surface area contributed by atoms with Crippen LogP contribution < -0.4 is 0 Å². The summed E-state index contributed by atoms with van der Waals surface area (Å²) < 4.78 is 0. The Balaban J connectivity index is 2.11. The van der Waals surface area contributed by atoms with E-state index in [1.807, 2.05) is 0 Å². The van der Waals surface area contributed by atoms with Gasteiger partial charge in [-0.15, -0.1) is 0 Å². The molecule has 0 unspecified atom stereocenters. The van der Waals surface area contributed by atoms with E-state index >= 15 is 0 Å². The highest BCUT2D eigenvalue weighted by Gasteiger charge is 2.17. The first-order valence-electron chi connectivity index (χ1n) is 9.05. The Hall–Kier alpha value is -2.28. The molecule has 1 heterocycles. The van der Waals surface area contributed by atoms with Crippen LogP contribution in [0.25, 0.3) is 16.8 Å². The average molecular weight is 317 g/mol. The van der Waals surface area contributed by atoms with Crippen molar-refractivity contribution >= 4 is 5.70 Å². The lowest BCUT2D eigenvalue weighted by Crippen LogP contribution is -2.25. The number of benzene rings is 2. The molecule has 1 heteroatoms. The number of aryl methyl sites for hydroxylation is 1. The van der Waals surface area contributed by atoms with E-state index in [9.17, 15) is 0 Å². The monoisotopic (exact) mass is 317 g/mol. The summed E-state index contributed by atoms with van der Waals surface area (Å²) >= 11 is 0. The molecule has 0 N–H and O–H groups in total. The van der Waals surface area contributed by atoms with Gasteiger partial charge in [0.15, 0.2) is 0 Å². The minimum Gasteiger partial charge on any atom is -0.368 e. The maximum Gasteiger partial charge on any atom is 0.0448 e. The lowest BCUT2D eigenvalue weighted by molar-refractivity contribution is 0.457. The largest absolute Gasteiger partial charge is 0.368 e. The van der Waals surface area contributed by atoms with E-state index in [4.69, 9.17) is 0 Å². The van der Waals surface area contributed by atoms with E-state index in [1.54, 1.807) is 0 Å². The quantitative estimate of drug-likeness (QED) is 0.660. The maximum absolute atomic E-state index is 2.47. The Morgan fingerprint density at radius 2 is 1.75 bits per heavy atom. The molecule has 124 valence electrons. The van der Waals surface area contributed by atoms with E-state index in [2.05, 4.69) is 86.4 Å². The van der Waals surface area contributed by atoms with Crippen molar-refractivity contribution < 1.29 is 0 Å². The molecular formula is C23H27N. The van der Waals surface area contributed by atoms with Gasteiger partial charge in [-0.1, -0.05) is 67.5 Å². The van der Waals surface area contributed by atoms with Crippen molar-refractivity contribution in [2.45, 2.75) is 33.6 Å². The second kappa shape index (κ2) is 7.53. The van der Waals surface area contributed by atoms with Crippen molar-refractivity contribution in [1.82, 2.24) is 4.90 Å². The summed E-state index contributed by atoms with van der Waals surface area (Å²) in [5.74, 6) is 0. The van der Waals surface area contributed by atoms with Gasteiger partial charge in [0.25, 0.3) is 0 Å². The van der Waals surface area contributed by atoms with Gasteiger partial charge < -0.3 is 4.90 Å². The molecule has 0 radical (unpaired) electrons. The highest BCUT2D eigenvalue weighted by molar-refractivity contribution is 5.76. The van der Waals surface area contributed by atoms with Gasteiger partial charge in [-0.25, -0.2) is 0 Å². The van der Waals surface area contributed by atoms with Crippen LogP contribution in [0.2, 0.25) is 0 Å². The molecule has 0 saturated carbocycles. The smallest absolute Gasteiger partial charge is 0.0448 e. The summed E-state index contributed by atoms with van der Waals surface area (Å²) in [6.45, 7) is 8.75. The van der Waals surface area contributed by atoms with Crippen molar-refractivity contribution in [3.05, 3.63) is 77.4 Å². The van der Waals surface area contributed by atoms with Crippen LogP contribution in [0.3, 0.4) is 0 Å². The number of hydrogen-bond acceptors (Lipinski definition) is 1. The number of rotatable bonds is 5. The summed E-state index contributed by atoms with van der Waals surface area (Å²) in [6.07, 6.45) is 6.96. The topological polar surface area (TPSA) is 3.24 Å². The number of allylic oxidation sites excluding steroid dienone is 2. The third-order valence-corrected chi connectivity index (χ3v) is 4.73. The maximum atomic E-state index is 2.47. The second-order valence-electron chi connectivity index (χ2n) is 6.50. The van der Waals surface area contributed by atoms with Crippen molar-refractivity contribution in [3.8, 4) is 11.1 Å². The first-order valence-corrected chi connectivity index (χ1v) is 9.05. The fourth-order valence-corrected chi connectivity index (χ4v) is 3.38. The molecule has 3 rings (SSSR count). The van der Waals surface area contributed by atoms with Gasteiger partial charge in [0.1, 0.15) is 0 Å². The summed E-state index contributed by atoms with van der Waals surface area (Å²) in [5, 5.41) is 0. The molecule has 0 amide bonds. The van der Waals surface area contributed by atoms with E-state index in [0.717, 1.165) is 19.5 Å². The molecule has 0 atom stereocenters. The molecule has 24 heavy (non-hydrogen) atoms. The highest BCUT2D eigenvalue weighted by Crippen LogP contribution is 2.31. The Morgan fingerprint density at radius 1 is 0.958 bits per heavy atom. The number of nitrogens with zero attached hydrogens (tertiary/aromatic N) is 1. The summed E-state index contributed by atoms with van der Waals surface area (Å²) in [5.41, 5.74) is 8.17. The first-order chi connectivity index (χ1) is 11.7. The van der Waals surface area contributed by atoms with Gasteiger partial charge in [-0.2, -0.15) is 0 Å². The highest BCUT2D eigenvalue weighted by atomic mass is 15.1. The molecule has 0 spiro atoms. The van der Waals surface area contributed by atoms with Crippen molar-refractivity contribution in [3.63, 3.8) is 0 Å². The predicted molar refractivity (Wildman–Crippen MR) is 105 cm³/mol. The Labute approximate surface area is 146 Å².